The number of carbonyl (C=O) groups excluding carboxylic acids is 2. The Balaban J connectivity index is 1.81. The fraction of sp³-hybridized carbons (Fsp3) is 0.423. The van der Waals surface area contributed by atoms with E-state index in [0.717, 1.165) is 48.9 Å². The van der Waals surface area contributed by atoms with Gasteiger partial charge in [0, 0.05) is 24.4 Å². The van der Waals surface area contributed by atoms with Crippen LogP contribution in [0.1, 0.15) is 55.6 Å². The van der Waals surface area contributed by atoms with Gasteiger partial charge in [-0.1, -0.05) is 57.0 Å². The monoisotopic (exact) mass is 448 g/mol. The summed E-state index contributed by atoms with van der Waals surface area (Å²) in [5.41, 5.74) is 3.32. The van der Waals surface area contributed by atoms with E-state index in [0.29, 0.717) is 29.5 Å². The lowest BCUT2D eigenvalue weighted by molar-refractivity contribution is -0.117. The van der Waals surface area contributed by atoms with Crippen molar-refractivity contribution in [3.05, 3.63) is 53.9 Å². The van der Waals surface area contributed by atoms with Gasteiger partial charge in [0.05, 0.1) is 24.7 Å². The summed E-state index contributed by atoms with van der Waals surface area (Å²) in [5.74, 6) is 0.0195. The fourth-order valence-electron chi connectivity index (χ4n) is 4.09. The zero-order valence-electron chi connectivity index (χ0n) is 19.6. The average Bonchev–Trinajstić information content (AvgIpc) is 3.66. The second-order valence-electron chi connectivity index (χ2n) is 8.71. The number of amides is 1. The third-order valence-corrected chi connectivity index (χ3v) is 6.41. The molecule has 0 radical (unpaired) electrons. The van der Waals surface area contributed by atoms with Crippen molar-refractivity contribution in [3.8, 4) is 0 Å². The molecule has 33 heavy (non-hydrogen) atoms. The number of hydrogen-bond acceptors (Lipinski definition) is 5. The summed E-state index contributed by atoms with van der Waals surface area (Å²) in [6.45, 7) is 5.66. The first-order valence-electron chi connectivity index (χ1n) is 11.7. The number of ether oxygens (including phenoxy) is 1. The number of carbonyl (C=O) groups is 2. The molecule has 174 valence electrons. The van der Waals surface area contributed by atoms with Crippen LogP contribution in [0.15, 0.2) is 42.6 Å². The number of nitrogens with one attached hydrogen (secondary N) is 2. The minimum absolute atomic E-state index is 0.00662. The Labute approximate surface area is 194 Å². The van der Waals surface area contributed by atoms with Crippen LogP contribution in [0.4, 0.5) is 11.4 Å². The van der Waals surface area contributed by atoms with Crippen LogP contribution in [0.3, 0.4) is 0 Å². The molecule has 1 saturated carbocycles. The van der Waals surface area contributed by atoms with Crippen molar-refractivity contribution in [2.24, 2.45) is 11.8 Å². The van der Waals surface area contributed by atoms with Crippen LogP contribution in [-0.2, 0) is 16.1 Å². The molecule has 3 aromatic rings. The number of benzene rings is 1. The third-order valence-electron chi connectivity index (χ3n) is 6.41. The minimum atomic E-state index is -0.499. The van der Waals surface area contributed by atoms with Crippen LogP contribution in [0.5, 0.6) is 0 Å². The van der Waals surface area contributed by atoms with Gasteiger partial charge in [0.15, 0.2) is 5.69 Å². The zero-order chi connectivity index (χ0) is 23.4. The number of nitrogens with zero attached hydrogens (tertiary/aromatic N) is 2. The molecule has 1 amide bonds. The standard InChI is InChI=1S/C26H32N4O3/c1-4-17(5-2)14-27-20-13-21-22(29-25(31)19-11-12-19)23(26(32)33-3)30(24(21)28-15-20)16-18-9-7-6-8-10-18/h6-10,13,15,17,19,27H,4-5,11-12,14,16H2,1-3H3,(H,29,31). The molecule has 1 fully saturated rings. The van der Waals surface area contributed by atoms with Crippen molar-refractivity contribution in [1.82, 2.24) is 9.55 Å². The van der Waals surface area contributed by atoms with E-state index in [1.165, 1.54) is 7.11 Å². The Morgan fingerprint density at radius 1 is 1.18 bits per heavy atom. The van der Waals surface area contributed by atoms with Gasteiger partial charge in [-0.05, 0) is 30.4 Å². The molecular formula is C26H32N4O3. The van der Waals surface area contributed by atoms with E-state index < -0.39 is 5.97 Å². The number of pyridine rings is 1. The predicted octanol–water partition coefficient (Wildman–Crippen LogP) is 5.07. The van der Waals surface area contributed by atoms with Crippen LogP contribution in [-0.4, -0.2) is 35.1 Å². The highest BCUT2D eigenvalue weighted by Crippen LogP contribution is 2.36. The largest absolute Gasteiger partial charge is 0.464 e. The Hall–Kier alpha value is -3.35. The molecule has 7 heteroatoms. The SMILES string of the molecule is CCC(CC)CNc1cnc2c(c1)c(NC(=O)C1CC1)c(C(=O)OC)n2Cc1ccccc1. The van der Waals surface area contributed by atoms with Crippen LogP contribution in [0, 0.1) is 11.8 Å². The van der Waals surface area contributed by atoms with Gasteiger partial charge in [-0.15, -0.1) is 0 Å². The Morgan fingerprint density at radius 3 is 2.55 bits per heavy atom. The lowest BCUT2D eigenvalue weighted by Gasteiger charge is -2.14. The topological polar surface area (TPSA) is 85.2 Å². The molecule has 1 aliphatic carbocycles. The average molecular weight is 449 g/mol. The van der Waals surface area contributed by atoms with Gasteiger partial charge < -0.3 is 19.9 Å². The third kappa shape index (κ3) is 5.02. The van der Waals surface area contributed by atoms with E-state index in [-0.39, 0.29) is 11.8 Å². The zero-order valence-corrected chi connectivity index (χ0v) is 19.6. The molecule has 0 spiro atoms. The fourth-order valence-corrected chi connectivity index (χ4v) is 4.09. The summed E-state index contributed by atoms with van der Waals surface area (Å²) < 4.78 is 6.96. The molecular weight excluding hydrogens is 416 g/mol. The van der Waals surface area contributed by atoms with Gasteiger partial charge >= 0.3 is 5.97 Å². The maximum Gasteiger partial charge on any atom is 0.356 e. The van der Waals surface area contributed by atoms with Gasteiger partial charge in [-0.3, -0.25) is 4.79 Å². The molecule has 0 bridgehead atoms. The first-order valence-corrected chi connectivity index (χ1v) is 11.7. The molecule has 4 rings (SSSR count). The van der Waals surface area contributed by atoms with Crippen LogP contribution < -0.4 is 10.6 Å². The smallest absolute Gasteiger partial charge is 0.356 e. The highest BCUT2D eigenvalue weighted by atomic mass is 16.5. The Morgan fingerprint density at radius 2 is 1.91 bits per heavy atom. The van der Waals surface area contributed by atoms with Crippen LogP contribution >= 0.6 is 0 Å². The van der Waals surface area contributed by atoms with Crippen molar-refractivity contribution < 1.29 is 14.3 Å². The van der Waals surface area contributed by atoms with Gasteiger partial charge in [-0.2, -0.15) is 0 Å². The van der Waals surface area contributed by atoms with Gasteiger partial charge in [0.2, 0.25) is 5.91 Å². The highest BCUT2D eigenvalue weighted by molar-refractivity contribution is 6.11. The highest BCUT2D eigenvalue weighted by Gasteiger charge is 2.33. The molecule has 1 aliphatic rings. The summed E-state index contributed by atoms with van der Waals surface area (Å²) in [6.07, 6.45) is 5.74. The number of anilines is 2. The summed E-state index contributed by atoms with van der Waals surface area (Å²) in [7, 11) is 1.36. The van der Waals surface area contributed by atoms with Crippen molar-refractivity contribution in [2.75, 3.05) is 24.3 Å². The molecule has 0 atom stereocenters. The Kier molecular flexibility index (Phi) is 6.96. The Bertz CT molecular complexity index is 1130. The molecule has 1 aromatic carbocycles. The van der Waals surface area contributed by atoms with Gasteiger partial charge in [0.25, 0.3) is 0 Å². The molecule has 2 heterocycles. The number of methoxy groups -OCH3 is 1. The number of esters is 1. The van der Waals surface area contributed by atoms with E-state index in [1.807, 2.05) is 41.0 Å². The van der Waals surface area contributed by atoms with E-state index in [2.05, 4.69) is 24.5 Å². The normalized spacial score (nSPS) is 13.3. The lowest BCUT2D eigenvalue weighted by atomic mass is 10.0. The van der Waals surface area contributed by atoms with Crippen molar-refractivity contribution in [1.29, 1.82) is 0 Å². The summed E-state index contributed by atoms with van der Waals surface area (Å²) >= 11 is 0. The van der Waals surface area contributed by atoms with E-state index in [4.69, 9.17) is 9.72 Å². The number of hydrogen-bond donors (Lipinski definition) is 2. The second kappa shape index (κ2) is 10.1. The molecule has 7 nitrogen and oxygen atoms in total. The number of fused-ring (bicyclic) bond motifs is 1. The van der Waals surface area contributed by atoms with Crippen LogP contribution in [0.2, 0.25) is 0 Å². The number of rotatable bonds is 10. The second-order valence-corrected chi connectivity index (χ2v) is 8.71. The molecule has 2 N–H and O–H groups in total. The van der Waals surface area contributed by atoms with Crippen molar-refractivity contribution in [3.63, 3.8) is 0 Å². The summed E-state index contributed by atoms with van der Waals surface area (Å²) in [6, 6.07) is 11.8. The first-order chi connectivity index (χ1) is 16.0. The molecule has 2 aromatic heterocycles. The maximum absolute atomic E-state index is 12.9. The van der Waals surface area contributed by atoms with Crippen LogP contribution in [0.25, 0.3) is 11.0 Å². The summed E-state index contributed by atoms with van der Waals surface area (Å²) in [5, 5.41) is 7.23. The van der Waals surface area contributed by atoms with Crippen molar-refractivity contribution >= 4 is 34.3 Å². The number of aromatic nitrogens is 2. The molecule has 0 saturated heterocycles. The van der Waals surface area contributed by atoms with Gasteiger partial charge in [0.1, 0.15) is 5.65 Å². The molecule has 0 aliphatic heterocycles. The predicted molar refractivity (Wildman–Crippen MR) is 131 cm³/mol. The minimum Gasteiger partial charge on any atom is -0.464 e. The van der Waals surface area contributed by atoms with E-state index in [9.17, 15) is 9.59 Å². The lowest BCUT2D eigenvalue weighted by Crippen LogP contribution is -2.18. The van der Waals surface area contributed by atoms with Gasteiger partial charge in [-0.25, -0.2) is 9.78 Å². The molecule has 0 unspecified atom stereocenters. The first kappa shape index (κ1) is 22.8. The summed E-state index contributed by atoms with van der Waals surface area (Å²) in [4.78, 5) is 30.4. The maximum atomic E-state index is 12.9. The quantitative estimate of drug-likeness (QED) is 0.423. The van der Waals surface area contributed by atoms with Crippen molar-refractivity contribution in [2.45, 2.75) is 46.1 Å². The van der Waals surface area contributed by atoms with E-state index >= 15 is 0 Å². The van der Waals surface area contributed by atoms with E-state index in [1.54, 1.807) is 6.20 Å².